The summed E-state index contributed by atoms with van der Waals surface area (Å²) in [5, 5.41) is 12.1. The summed E-state index contributed by atoms with van der Waals surface area (Å²) < 4.78 is 0. The van der Waals surface area contributed by atoms with Crippen LogP contribution in [0.25, 0.3) is 0 Å². The van der Waals surface area contributed by atoms with E-state index in [1.165, 1.54) is 0 Å². The average molecular weight is 250 g/mol. The number of carbonyl (C=O) groups is 1. The number of para-hydroxylation sites is 1. The van der Waals surface area contributed by atoms with E-state index in [-0.39, 0.29) is 18.1 Å². The number of amides is 1. The highest BCUT2D eigenvalue weighted by Gasteiger charge is 2.18. The van der Waals surface area contributed by atoms with E-state index in [4.69, 9.17) is 0 Å². The maximum Gasteiger partial charge on any atom is 0.241 e. The van der Waals surface area contributed by atoms with E-state index in [9.17, 15) is 9.90 Å². The van der Waals surface area contributed by atoms with Crippen LogP contribution >= 0.6 is 0 Å². The van der Waals surface area contributed by atoms with Crippen LogP contribution in [0, 0.1) is 0 Å². The SMILES string of the molecule is CC(O)CCN(C)C(C)C(=O)Nc1ccccc1. The molecule has 0 radical (unpaired) electrons. The van der Waals surface area contributed by atoms with Crippen molar-refractivity contribution in [1.82, 2.24) is 4.90 Å². The van der Waals surface area contributed by atoms with Crippen LogP contribution in [0.5, 0.6) is 0 Å². The molecule has 0 fully saturated rings. The minimum atomic E-state index is -0.336. The lowest BCUT2D eigenvalue weighted by atomic mass is 10.2. The maximum absolute atomic E-state index is 12.0. The minimum Gasteiger partial charge on any atom is -0.393 e. The summed E-state index contributed by atoms with van der Waals surface area (Å²) in [6.07, 6.45) is 0.330. The van der Waals surface area contributed by atoms with Crippen LogP contribution in [0.1, 0.15) is 20.3 Å². The van der Waals surface area contributed by atoms with Crippen molar-refractivity contribution in [3.8, 4) is 0 Å². The number of nitrogens with one attached hydrogen (secondary N) is 1. The van der Waals surface area contributed by atoms with Crippen LogP contribution < -0.4 is 5.32 Å². The number of anilines is 1. The Bertz CT molecular complexity index is 365. The molecule has 18 heavy (non-hydrogen) atoms. The molecule has 0 aliphatic heterocycles. The first-order chi connectivity index (χ1) is 8.50. The summed E-state index contributed by atoms with van der Waals surface area (Å²) in [4.78, 5) is 13.9. The van der Waals surface area contributed by atoms with Crippen molar-refractivity contribution >= 4 is 11.6 Å². The van der Waals surface area contributed by atoms with Gasteiger partial charge in [-0.25, -0.2) is 0 Å². The molecule has 2 unspecified atom stereocenters. The molecule has 1 rings (SSSR count). The van der Waals surface area contributed by atoms with Gasteiger partial charge >= 0.3 is 0 Å². The molecule has 1 aromatic carbocycles. The van der Waals surface area contributed by atoms with Gasteiger partial charge in [0.2, 0.25) is 5.91 Å². The lowest BCUT2D eigenvalue weighted by Gasteiger charge is -2.24. The number of hydrogen-bond donors (Lipinski definition) is 2. The first kappa shape index (κ1) is 14.7. The molecule has 0 heterocycles. The highest BCUT2D eigenvalue weighted by atomic mass is 16.3. The molecule has 0 bridgehead atoms. The molecule has 4 heteroatoms. The molecule has 0 saturated heterocycles. The van der Waals surface area contributed by atoms with Crippen molar-refractivity contribution in [1.29, 1.82) is 0 Å². The van der Waals surface area contributed by atoms with Crippen molar-refractivity contribution in [3.63, 3.8) is 0 Å². The highest BCUT2D eigenvalue weighted by molar-refractivity contribution is 5.94. The van der Waals surface area contributed by atoms with Gasteiger partial charge in [0.05, 0.1) is 12.1 Å². The molecule has 4 nitrogen and oxygen atoms in total. The van der Waals surface area contributed by atoms with E-state index < -0.39 is 0 Å². The Hall–Kier alpha value is -1.39. The Labute approximate surface area is 109 Å². The quantitative estimate of drug-likeness (QED) is 0.808. The monoisotopic (exact) mass is 250 g/mol. The van der Waals surface area contributed by atoms with Crippen LogP contribution in [0.4, 0.5) is 5.69 Å². The van der Waals surface area contributed by atoms with Crippen molar-refractivity contribution in [2.75, 3.05) is 18.9 Å². The third kappa shape index (κ3) is 4.85. The van der Waals surface area contributed by atoms with Gasteiger partial charge in [0.15, 0.2) is 0 Å². The van der Waals surface area contributed by atoms with Crippen LogP contribution in [0.2, 0.25) is 0 Å². The van der Waals surface area contributed by atoms with E-state index in [2.05, 4.69) is 5.32 Å². The Morgan fingerprint density at radius 2 is 1.94 bits per heavy atom. The third-order valence-corrected chi connectivity index (χ3v) is 2.98. The van der Waals surface area contributed by atoms with E-state index >= 15 is 0 Å². The van der Waals surface area contributed by atoms with Gasteiger partial charge in [-0.3, -0.25) is 9.69 Å². The first-order valence-corrected chi connectivity index (χ1v) is 6.25. The van der Waals surface area contributed by atoms with Gasteiger partial charge in [-0.1, -0.05) is 18.2 Å². The lowest BCUT2D eigenvalue weighted by molar-refractivity contribution is -0.120. The van der Waals surface area contributed by atoms with Crippen molar-refractivity contribution in [2.24, 2.45) is 0 Å². The number of aliphatic hydroxyl groups is 1. The number of likely N-dealkylation sites (N-methyl/N-ethyl adjacent to an activating group) is 1. The molecule has 0 spiro atoms. The van der Waals surface area contributed by atoms with E-state index in [0.29, 0.717) is 13.0 Å². The van der Waals surface area contributed by atoms with Gasteiger partial charge in [-0.2, -0.15) is 0 Å². The Balaban J connectivity index is 2.46. The Kier molecular flexibility index (Phi) is 5.82. The molecule has 0 aromatic heterocycles. The summed E-state index contributed by atoms with van der Waals surface area (Å²) in [7, 11) is 1.89. The summed E-state index contributed by atoms with van der Waals surface area (Å²) >= 11 is 0. The second-order valence-corrected chi connectivity index (χ2v) is 4.65. The standard InChI is InChI=1S/C14H22N2O2/c1-11(17)9-10-16(3)12(2)14(18)15-13-7-5-4-6-8-13/h4-8,11-12,17H,9-10H2,1-3H3,(H,15,18). The largest absolute Gasteiger partial charge is 0.393 e. The zero-order chi connectivity index (χ0) is 13.5. The van der Waals surface area contributed by atoms with E-state index in [1.807, 2.05) is 49.2 Å². The lowest BCUT2D eigenvalue weighted by Crippen LogP contribution is -2.40. The molecule has 1 aromatic rings. The minimum absolute atomic E-state index is 0.0331. The highest BCUT2D eigenvalue weighted by Crippen LogP contribution is 2.07. The van der Waals surface area contributed by atoms with Gasteiger partial charge in [0.1, 0.15) is 0 Å². The molecule has 100 valence electrons. The number of rotatable bonds is 6. The second-order valence-electron chi connectivity index (χ2n) is 4.65. The van der Waals surface area contributed by atoms with Crippen molar-refractivity contribution in [2.45, 2.75) is 32.4 Å². The fourth-order valence-electron chi connectivity index (χ4n) is 1.55. The smallest absolute Gasteiger partial charge is 0.241 e. The van der Waals surface area contributed by atoms with Crippen molar-refractivity contribution in [3.05, 3.63) is 30.3 Å². The number of benzene rings is 1. The molecule has 1 amide bonds. The molecule has 0 saturated carbocycles. The molecule has 2 atom stereocenters. The van der Waals surface area contributed by atoms with Crippen LogP contribution in [-0.2, 0) is 4.79 Å². The fourth-order valence-corrected chi connectivity index (χ4v) is 1.55. The average Bonchev–Trinajstić information content (AvgIpc) is 2.36. The van der Waals surface area contributed by atoms with Gasteiger partial charge in [0.25, 0.3) is 0 Å². The Morgan fingerprint density at radius 1 is 1.33 bits per heavy atom. The predicted molar refractivity (Wildman–Crippen MR) is 73.5 cm³/mol. The normalized spacial score (nSPS) is 14.3. The van der Waals surface area contributed by atoms with E-state index in [1.54, 1.807) is 6.92 Å². The molecular formula is C14H22N2O2. The zero-order valence-electron chi connectivity index (χ0n) is 11.3. The molecule has 0 aliphatic rings. The summed E-state index contributed by atoms with van der Waals surface area (Å²) in [6, 6.07) is 9.19. The predicted octanol–water partition coefficient (Wildman–Crippen LogP) is 1.72. The van der Waals surface area contributed by atoms with Gasteiger partial charge in [0, 0.05) is 12.2 Å². The van der Waals surface area contributed by atoms with Gasteiger partial charge in [-0.15, -0.1) is 0 Å². The first-order valence-electron chi connectivity index (χ1n) is 6.25. The number of aliphatic hydroxyl groups excluding tert-OH is 1. The number of nitrogens with zero attached hydrogens (tertiary/aromatic N) is 1. The van der Waals surface area contributed by atoms with Gasteiger partial charge < -0.3 is 10.4 Å². The maximum atomic E-state index is 12.0. The molecule has 0 aliphatic carbocycles. The van der Waals surface area contributed by atoms with Gasteiger partial charge in [-0.05, 0) is 39.4 Å². The number of carbonyl (C=O) groups excluding carboxylic acids is 1. The summed E-state index contributed by atoms with van der Waals surface area (Å²) in [5.41, 5.74) is 0.804. The van der Waals surface area contributed by atoms with Crippen LogP contribution in [-0.4, -0.2) is 41.7 Å². The van der Waals surface area contributed by atoms with Crippen LogP contribution in [0.15, 0.2) is 30.3 Å². The second kappa shape index (κ2) is 7.13. The topological polar surface area (TPSA) is 52.6 Å². The third-order valence-electron chi connectivity index (χ3n) is 2.98. The zero-order valence-corrected chi connectivity index (χ0v) is 11.3. The summed E-state index contributed by atoms with van der Waals surface area (Å²) in [5.74, 6) is -0.0331. The van der Waals surface area contributed by atoms with Crippen molar-refractivity contribution < 1.29 is 9.90 Å². The number of hydrogen-bond acceptors (Lipinski definition) is 3. The van der Waals surface area contributed by atoms with Crippen LogP contribution in [0.3, 0.4) is 0 Å². The summed E-state index contributed by atoms with van der Waals surface area (Å²) in [6.45, 7) is 4.31. The fraction of sp³-hybridized carbons (Fsp3) is 0.500. The Morgan fingerprint density at radius 3 is 2.50 bits per heavy atom. The molecule has 2 N–H and O–H groups in total. The van der Waals surface area contributed by atoms with E-state index in [0.717, 1.165) is 5.69 Å². The molecular weight excluding hydrogens is 228 g/mol.